The molecule has 2 aromatic carbocycles. The van der Waals surface area contributed by atoms with Gasteiger partial charge >= 0.3 is 5.69 Å². The predicted molar refractivity (Wildman–Crippen MR) is 84.5 cm³/mol. The van der Waals surface area contributed by atoms with Crippen LogP contribution in [0.4, 0.5) is 11.4 Å². The number of ether oxygens (including phenoxy) is 1. The van der Waals surface area contributed by atoms with E-state index in [9.17, 15) is 20.2 Å². The molecule has 8 nitrogen and oxygen atoms in total. The predicted octanol–water partition coefficient (Wildman–Crippen LogP) is 4.56. The van der Waals surface area contributed by atoms with E-state index < -0.39 is 9.85 Å². The summed E-state index contributed by atoms with van der Waals surface area (Å²) in [6.45, 7) is 0. The highest BCUT2D eigenvalue weighted by atomic mass is 35.5. The summed E-state index contributed by atoms with van der Waals surface area (Å²) in [7, 11) is 0. The highest BCUT2D eigenvalue weighted by Gasteiger charge is 2.18. The highest BCUT2D eigenvalue weighted by Crippen LogP contribution is 2.37. The van der Waals surface area contributed by atoms with Crippen molar-refractivity contribution < 1.29 is 14.6 Å². The maximum absolute atomic E-state index is 11.0. The molecule has 0 aliphatic carbocycles. The first kappa shape index (κ1) is 15.1. The number of hydrogen-bond acceptors (Lipinski definition) is 7. The maximum atomic E-state index is 11.0. The number of nitrogens with zero attached hydrogens (tertiary/aromatic N) is 3. The smallest absolute Gasteiger partial charge is 0.313 e. The molecule has 0 amide bonds. The summed E-state index contributed by atoms with van der Waals surface area (Å²) in [6.07, 6.45) is 0. The normalized spacial score (nSPS) is 10.7. The van der Waals surface area contributed by atoms with E-state index >= 15 is 0 Å². The maximum Gasteiger partial charge on any atom is 0.313 e. The van der Waals surface area contributed by atoms with Gasteiger partial charge in [-0.25, -0.2) is 4.98 Å². The number of rotatable bonds is 4. The molecular weight excluding hydrogens is 346 g/mol. The summed E-state index contributed by atoms with van der Waals surface area (Å²) in [5.74, 6) is -0.00652. The zero-order chi connectivity index (χ0) is 16.6. The van der Waals surface area contributed by atoms with Crippen molar-refractivity contribution in [3.63, 3.8) is 0 Å². The van der Waals surface area contributed by atoms with Crippen LogP contribution in [0.1, 0.15) is 0 Å². The minimum Gasteiger partial charge on any atom is -0.423 e. The molecule has 0 aliphatic rings. The van der Waals surface area contributed by atoms with E-state index in [2.05, 4.69) is 4.98 Å². The summed E-state index contributed by atoms with van der Waals surface area (Å²) >= 11 is 6.79. The minimum atomic E-state index is -0.612. The Morgan fingerprint density at radius 2 is 1.87 bits per heavy atom. The molecule has 0 bridgehead atoms. The van der Waals surface area contributed by atoms with Crippen molar-refractivity contribution >= 4 is 44.5 Å². The zero-order valence-corrected chi connectivity index (χ0v) is 12.7. The molecule has 0 atom stereocenters. The van der Waals surface area contributed by atoms with E-state index in [1.54, 1.807) is 0 Å². The van der Waals surface area contributed by atoms with Crippen molar-refractivity contribution in [3.05, 3.63) is 61.6 Å². The molecule has 116 valence electrons. The van der Waals surface area contributed by atoms with Gasteiger partial charge in [0.2, 0.25) is 5.75 Å². The van der Waals surface area contributed by atoms with Crippen LogP contribution in [-0.2, 0) is 0 Å². The Morgan fingerprint density at radius 1 is 1.09 bits per heavy atom. The molecule has 23 heavy (non-hydrogen) atoms. The molecular formula is C13H6ClN3O5S. The molecule has 0 saturated carbocycles. The van der Waals surface area contributed by atoms with Crippen molar-refractivity contribution in [1.29, 1.82) is 0 Å². The van der Waals surface area contributed by atoms with Gasteiger partial charge in [-0.1, -0.05) is 22.9 Å². The lowest BCUT2D eigenvalue weighted by Crippen LogP contribution is -1.93. The number of fused-ring (bicyclic) bond motifs is 1. The molecule has 0 spiro atoms. The highest BCUT2D eigenvalue weighted by molar-refractivity contribution is 7.20. The number of thiazole rings is 1. The standard InChI is InChI=1S/C13H6ClN3O5S/c14-7-1-4-11(10(5-7)17(20)21)22-13-15-9-3-2-8(16(18)19)6-12(9)23-13/h1-6H. The van der Waals surface area contributed by atoms with E-state index in [0.29, 0.717) is 10.2 Å². The van der Waals surface area contributed by atoms with Crippen LogP contribution < -0.4 is 4.74 Å². The third kappa shape index (κ3) is 3.05. The molecule has 0 unspecified atom stereocenters. The Hall–Kier alpha value is -2.78. The topological polar surface area (TPSA) is 108 Å². The van der Waals surface area contributed by atoms with Crippen molar-refractivity contribution in [2.75, 3.05) is 0 Å². The van der Waals surface area contributed by atoms with Crippen LogP contribution in [0.3, 0.4) is 0 Å². The fourth-order valence-electron chi connectivity index (χ4n) is 1.86. The van der Waals surface area contributed by atoms with E-state index in [-0.39, 0.29) is 27.3 Å². The largest absolute Gasteiger partial charge is 0.423 e. The summed E-state index contributed by atoms with van der Waals surface area (Å²) in [6, 6.07) is 8.20. The van der Waals surface area contributed by atoms with Gasteiger partial charge in [0.15, 0.2) is 0 Å². The first-order valence-electron chi connectivity index (χ1n) is 6.11. The van der Waals surface area contributed by atoms with E-state index in [4.69, 9.17) is 16.3 Å². The molecule has 0 aliphatic heterocycles. The lowest BCUT2D eigenvalue weighted by atomic mass is 10.3. The molecule has 3 aromatic rings. The van der Waals surface area contributed by atoms with Gasteiger partial charge in [0.05, 0.1) is 20.1 Å². The van der Waals surface area contributed by atoms with Crippen molar-refractivity contribution in [2.24, 2.45) is 0 Å². The SMILES string of the molecule is O=[N+]([O-])c1ccc2nc(Oc3ccc(Cl)cc3[N+](=O)[O-])sc2c1. The quantitative estimate of drug-likeness (QED) is 0.503. The Bertz CT molecular complexity index is 943. The van der Waals surface area contributed by atoms with Crippen LogP contribution in [0.2, 0.25) is 5.02 Å². The summed E-state index contributed by atoms with van der Waals surface area (Å²) in [5, 5.41) is 22.2. The Balaban J connectivity index is 1.99. The van der Waals surface area contributed by atoms with E-state index in [1.165, 1.54) is 36.4 Å². The van der Waals surface area contributed by atoms with Crippen molar-refractivity contribution in [3.8, 4) is 10.9 Å². The van der Waals surface area contributed by atoms with Gasteiger partial charge in [0.1, 0.15) is 0 Å². The number of benzene rings is 2. The molecule has 0 radical (unpaired) electrons. The minimum absolute atomic E-state index is 0.00652. The molecule has 3 rings (SSSR count). The van der Waals surface area contributed by atoms with Gasteiger partial charge in [-0.3, -0.25) is 20.2 Å². The van der Waals surface area contributed by atoms with Crippen LogP contribution in [0, 0.1) is 20.2 Å². The lowest BCUT2D eigenvalue weighted by molar-refractivity contribution is -0.385. The van der Waals surface area contributed by atoms with Gasteiger partial charge in [0, 0.05) is 23.2 Å². The number of non-ortho nitro benzene ring substituents is 1. The van der Waals surface area contributed by atoms with Gasteiger partial charge in [-0.2, -0.15) is 0 Å². The molecule has 10 heteroatoms. The van der Waals surface area contributed by atoms with Crippen LogP contribution in [0.25, 0.3) is 10.2 Å². The zero-order valence-electron chi connectivity index (χ0n) is 11.1. The summed E-state index contributed by atoms with van der Waals surface area (Å²) < 4.78 is 6.00. The van der Waals surface area contributed by atoms with Gasteiger partial charge < -0.3 is 4.74 Å². The summed E-state index contributed by atoms with van der Waals surface area (Å²) in [5.41, 5.74) is 0.153. The third-order valence-corrected chi connectivity index (χ3v) is 4.01. The Morgan fingerprint density at radius 3 is 2.57 bits per heavy atom. The second-order valence-corrected chi connectivity index (χ2v) is 5.79. The van der Waals surface area contributed by atoms with Gasteiger partial charge in [-0.05, 0) is 18.2 Å². The number of nitro benzene ring substituents is 2. The second-order valence-electron chi connectivity index (χ2n) is 4.36. The molecule has 0 N–H and O–H groups in total. The first-order chi connectivity index (χ1) is 10.9. The molecule has 0 saturated heterocycles. The number of halogens is 1. The van der Waals surface area contributed by atoms with Gasteiger partial charge in [0.25, 0.3) is 10.9 Å². The van der Waals surface area contributed by atoms with Crippen LogP contribution in [-0.4, -0.2) is 14.8 Å². The third-order valence-electron chi connectivity index (χ3n) is 2.88. The van der Waals surface area contributed by atoms with E-state index in [0.717, 1.165) is 11.3 Å². The number of hydrogen-bond donors (Lipinski definition) is 0. The fourth-order valence-corrected chi connectivity index (χ4v) is 2.89. The number of aromatic nitrogens is 1. The van der Waals surface area contributed by atoms with Crippen LogP contribution in [0.15, 0.2) is 36.4 Å². The molecule has 1 aromatic heterocycles. The molecule has 1 heterocycles. The lowest BCUT2D eigenvalue weighted by Gasteiger charge is -2.02. The number of nitro groups is 2. The summed E-state index contributed by atoms with van der Waals surface area (Å²) in [4.78, 5) is 24.8. The average molecular weight is 352 g/mol. The first-order valence-corrected chi connectivity index (χ1v) is 7.30. The molecule has 0 fully saturated rings. The van der Waals surface area contributed by atoms with Crippen molar-refractivity contribution in [2.45, 2.75) is 0 Å². The Kier molecular flexibility index (Phi) is 3.80. The van der Waals surface area contributed by atoms with E-state index in [1.807, 2.05) is 0 Å². The van der Waals surface area contributed by atoms with Crippen LogP contribution in [0.5, 0.6) is 10.9 Å². The van der Waals surface area contributed by atoms with Crippen molar-refractivity contribution in [1.82, 2.24) is 4.98 Å². The van der Waals surface area contributed by atoms with Crippen LogP contribution >= 0.6 is 22.9 Å². The fraction of sp³-hybridized carbons (Fsp3) is 0. The second kappa shape index (κ2) is 5.78. The average Bonchev–Trinajstić information content (AvgIpc) is 2.90. The Labute approximate surface area is 137 Å². The van der Waals surface area contributed by atoms with Gasteiger partial charge in [-0.15, -0.1) is 0 Å². The monoisotopic (exact) mass is 351 g/mol.